The first-order valence-corrected chi connectivity index (χ1v) is 7.63. The van der Waals surface area contributed by atoms with Gasteiger partial charge in [-0.25, -0.2) is 0 Å². The molecule has 0 saturated heterocycles. The molecular weight excluding hydrogens is 218 g/mol. The zero-order valence-electron chi connectivity index (χ0n) is 11.5. The Balaban J connectivity index is 1.54. The van der Waals surface area contributed by atoms with E-state index in [0.717, 1.165) is 24.4 Å². The predicted molar refractivity (Wildman–Crippen MR) is 76.7 cm³/mol. The largest absolute Gasteiger partial charge is 0.310 e. The summed E-state index contributed by atoms with van der Waals surface area (Å²) < 4.78 is 0. The van der Waals surface area contributed by atoms with Crippen molar-refractivity contribution < 1.29 is 0 Å². The zero-order valence-corrected chi connectivity index (χ0v) is 11.5. The van der Waals surface area contributed by atoms with Gasteiger partial charge >= 0.3 is 0 Å². The molecule has 2 fully saturated rings. The van der Waals surface area contributed by atoms with Gasteiger partial charge in [-0.15, -0.1) is 0 Å². The summed E-state index contributed by atoms with van der Waals surface area (Å²) in [7, 11) is 0. The molecule has 0 bridgehead atoms. The summed E-state index contributed by atoms with van der Waals surface area (Å²) in [5.41, 5.74) is 3.03. The average Bonchev–Trinajstić information content (AvgIpc) is 3.21. The summed E-state index contributed by atoms with van der Waals surface area (Å²) in [4.78, 5) is 0. The van der Waals surface area contributed by atoms with Crippen LogP contribution in [0.3, 0.4) is 0 Å². The highest BCUT2D eigenvalue weighted by Gasteiger charge is 2.23. The smallest absolute Gasteiger partial charge is 0.0208 e. The number of nitrogens with one attached hydrogen (secondary N) is 1. The fourth-order valence-corrected chi connectivity index (χ4v) is 3.26. The van der Waals surface area contributed by atoms with Gasteiger partial charge in [-0.3, -0.25) is 0 Å². The van der Waals surface area contributed by atoms with Crippen molar-refractivity contribution in [1.29, 1.82) is 0 Å². The molecular formula is C17H25N. The fraction of sp³-hybridized carbons (Fsp3) is 0.647. The Kier molecular flexibility index (Phi) is 3.69. The van der Waals surface area contributed by atoms with Crippen LogP contribution in [0.5, 0.6) is 0 Å². The minimum absolute atomic E-state index is 0.748. The molecule has 2 atom stereocenters. The molecule has 1 heteroatoms. The first kappa shape index (κ1) is 12.2. The van der Waals surface area contributed by atoms with Gasteiger partial charge < -0.3 is 5.32 Å². The topological polar surface area (TPSA) is 12.0 Å². The van der Waals surface area contributed by atoms with E-state index in [2.05, 4.69) is 36.5 Å². The normalized spacial score (nSPS) is 28.3. The van der Waals surface area contributed by atoms with E-state index in [1.807, 2.05) is 0 Å². The maximum atomic E-state index is 3.75. The van der Waals surface area contributed by atoms with Gasteiger partial charge in [0.2, 0.25) is 0 Å². The molecule has 2 saturated carbocycles. The Morgan fingerprint density at radius 2 is 2.06 bits per heavy atom. The minimum Gasteiger partial charge on any atom is -0.310 e. The van der Waals surface area contributed by atoms with E-state index in [4.69, 9.17) is 0 Å². The Labute approximate surface area is 111 Å². The van der Waals surface area contributed by atoms with Crippen molar-refractivity contribution in [1.82, 2.24) is 5.32 Å². The first-order chi connectivity index (χ1) is 8.81. The van der Waals surface area contributed by atoms with Crippen LogP contribution in [0.1, 0.15) is 62.5 Å². The molecule has 2 unspecified atom stereocenters. The van der Waals surface area contributed by atoms with Crippen molar-refractivity contribution in [2.24, 2.45) is 5.92 Å². The van der Waals surface area contributed by atoms with Crippen molar-refractivity contribution in [2.75, 3.05) is 0 Å². The summed E-state index contributed by atoms with van der Waals surface area (Å²) in [6.45, 7) is 3.44. The molecule has 98 valence electrons. The van der Waals surface area contributed by atoms with Crippen molar-refractivity contribution in [3.8, 4) is 0 Å². The molecule has 18 heavy (non-hydrogen) atoms. The van der Waals surface area contributed by atoms with Gasteiger partial charge in [0.25, 0.3) is 0 Å². The highest BCUT2D eigenvalue weighted by Crippen LogP contribution is 2.40. The number of rotatable bonds is 4. The van der Waals surface area contributed by atoms with Crippen LogP contribution < -0.4 is 5.32 Å². The highest BCUT2D eigenvalue weighted by molar-refractivity contribution is 5.29. The van der Waals surface area contributed by atoms with E-state index in [1.165, 1.54) is 44.1 Å². The van der Waals surface area contributed by atoms with Crippen LogP contribution in [-0.2, 0) is 6.54 Å². The maximum absolute atomic E-state index is 3.75. The number of benzene rings is 1. The predicted octanol–water partition coefficient (Wildman–Crippen LogP) is 4.23. The maximum Gasteiger partial charge on any atom is 0.0208 e. The van der Waals surface area contributed by atoms with Gasteiger partial charge in [0.15, 0.2) is 0 Å². The standard InChI is InChI=1S/C17H25N/c1-13-4-2-7-17(10-13)18-12-14-5-3-6-16(11-14)15-8-9-15/h3,5-6,11,13,15,17-18H,2,4,7-10,12H2,1H3. The van der Waals surface area contributed by atoms with Crippen LogP contribution in [0, 0.1) is 5.92 Å². The van der Waals surface area contributed by atoms with Crippen LogP contribution in [0.25, 0.3) is 0 Å². The quantitative estimate of drug-likeness (QED) is 0.834. The van der Waals surface area contributed by atoms with Gasteiger partial charge in [0.1, 0.15) is 0 Å². The molecule has 0 amide bonds. The van der Waals surface area contributed by atoms with Crippen molar-refractivity contribution >= 4 is 0 Å². The Hall–Kier alpha value is -0.820. The summed E-state index contributed by atoms with van der Waals surface area (Å²) in [6.07, 6.45) is 8.36. The molecule has 0 heterocycles. The van der Waals surface area contributed by atoms with E-state index in [9.17, 15) is 0 Å². The molecule has 2 aliphatic carbocycles. The first-order valence-electron chi connectivity index (χ1n) is 7.63. The number of hydrogen-bond acceptors (Lipinski definition) is 1. The average molecular weight is 243 g/mol. The Morgan fingerprint density at radius 1 is 1.17 bits per heavy atom. The molecule has 0 radical (unpaired) electrons. The van der Waals surface area contributed by atoms with Crippen LogP contribution in [0.15, 0.2) is 24.3 Å². The molecule has 0 aromatic heterocycles. The van der Waals surface area contributed by atoms with Crippen LogP contribution in [0.4, 0.5) is 0 Å². The van der Waals surface area contributed by atoms with Crippen molar-refractivity contribution in [3.63, 3.8) is 0 Å². The highest BCUT2D eigenvalue weighted by atomic mass is 14.9. The van der Waals surface area contributed by atoms with Crippen molar-refractivity contribution in [3.05, 3.63) is 35.4 Å². The van der Waals surface area contributed by atoms with Gasteiger partial charge in [0.05, 0.1) is 0 Å². The monoisotopic (exact) mass is 243 g/mol. The van der Waals surface area contributed by atoms with Crippen LogP contribution in [-0.4, -0.2) is 6.04 Å². The SMILES string of the molecule is CC1CCCC(NCc2cccc(C3CC3)c2)C1. The minimum atomic E-state index is 0.748. The van der Waals surface area contributed by atoms with Crippen LogP contribution >= 0.6 is 0 Å². The third-order valence-electron chi connectivity index (χ3n) is 4.53. The molecule has 2 aliphatic rings. The lowest BCUT2D eigenvalue weighted by atomic mass is 9.87. The molecule has 0 spiro atoms. The Bertz CT molecular complexity index is 394. The lowest BCUT2D eigenvalue weighted by Gasteiger charge is -2.27. The third kappa shape index (κ3) is 3.14. The van der Waals surface area contributed by atoms with Gasteiger partial charge in [-0.05, 0) is 48.6 Å². The summed E-state index contributed by atoms with van der Waals surface area (Å²) >= 11 is 0. The van der Waals surface area contributed by atoms with Gasteiger partial charge in [0, 0.05) is 12.6 Å². The molecule has 1 aromatic rings. The molecule has 1 nitrogen and oxygen atoms in total. The second kappa shape index (κ2) is 5.44. The van der Waals surface area contributed by atoms with E-state index in [-0.39, 0.29) is 0 Å². The molecule has 0 aliphatic heterocycles. The fourth-order valence-electron chi connectivity index (χ4n) is 3.26. The summed E-state index contributed by atoms with van der Waals surface area (Å²) in [5.74, 6) is 1.79. The third-order valence-corrected chi connectivity index (χ3v) is 4.53. The Morgan fingerprint density at radius 3 is 2.83 bits per heavy atom. The molecule has 1 aromatic carbocycles. The molecule has 1 N–H and O–H groups in total. The van der Waals surface area contributed by atoms with Gasteiger partial charge in [-0.2, -0.15) is 0 Å². The van der Waals surface area contributed by atoms with Gasteiger partial charge in [-0.1, -0.05) is 44.0 Å². The van der Waals surface area contributed by atoms with E-state index in [0.29, 0.717) is 0 Å². The van der Waals surface area contributed by atoms with E-state index in [1.54, 1.807) is 5.56 Å². The molecule has 3 rings (SSSR count). The number of hydrogen-bond donors (Lipinski definition) is 1. The van der Waals surface area contributed by atoms with Crippen molar-refractivity contribution in [2.45, 2.75) is 64.0 Å². The zero-order chi connectivity index (χ0) is 12.4. The second-order valence-electron chi connectivity index (χ2n) is 6.37. The summed E-state index contributed by atoms with van der Waals surface area (Å²) in [6, 6.07) is 9.96. The summed E-state index contributed by atoms with van der Waals surface area (Å²) in [5, 5.41) is 3.75. The lowest BCUT2D eigenvalue weighted by Crippen LogP contribution is -2.33. The van der Waals surface area contributed by atoms with E-state index >= 15 is 0 Å². The van der Waals surface area contributed by atoms with Crippen LogP contribution in [0.2, 0.25) is 0 Å². The van der Waals surface area contributed by atoms with E-state index < -0.39 is 0 Å². The second-order valence-corrected chi connectivity index (χ2v) is 6.37. The lowest BCUT2D eigenvalue weighted by molar-refractivity contribution is 0.300.